The van der Waals surface area contributed by atoms with Gasteiger partial charge in [0, 0.05) is 37.4 Å². The number of aryl methyl sites for hydroxylation is 1. The molecule has 1 amide bonds. The predicted octanol–water partition coefficient (Wildman–Crippen LogP) is 1.90. The summed E-state index contributed by atoms with van der Waals surface area (Å²) in [4.78, 5) is 21.2. The number of furan rings is 1. The molecular weight excluding hydrogens is 344 g/mol. The molecule has 0 aliphatic carbocycles. The monoisotopic (exact) mass is 362 g/mol. The van der Waals surface area contributed by atoms with Gasteiger partial charge in [0.1, 0.15) is 5.82 Å². The topological polar surface area (TPSA) is 97.3 Å². The maximum absolute atomic E-state index is 12.6. The molecule has 4 heterocycles. The number of rotatable bonds is 6. The number of aliphatic imine (C=N–C) groups is 1. The van der Waals surface area contributed by atoms with Crippen LogP contribution in [-0.4, -0.2) is 26.9 Å². The largest absolute Gasteiger partial charge is 0.463 e. The van der Waals surface area contributed by atoms with Gasteiger partial charge in [-0.3, -0.25) is 9.78 Å². The van der Waals surface area contributed by atoms with Gasteiger partial charge in [-0.1, -0.05) is 6.07 Å². The number of nitrogens with one attached hydrogen (secondary N) is 2. The number of nitrogens with zero attached hydrogens (tertiary/aromatic N) is 4. The highest BCUT2D eigenvalue weighted by atomic mass is 16.3. The van der Waals surface area contributed by atoms with Crippen molar-refractivity contribution in [1.29, 1.82) is 0 Å². The quantitative estimate of drug-likeness (QED) is 0.698. The van der Waals surface area contributed by atoms with Crippen LogP contribution in [0.5, 0.6) is 0 Å². The van der Waals surface area contributed by atoms with E-state index in [1.807, 2.05) is 18.2 Å². The first-order chi connectivity index (χ1) is 13.3. The standard InChI is InChI=1S/C19H18N6O2/c26-18(7-6-15-4-1-9-20-14-15)24-19(16-5-2-13-27-16)21-11-8-17(23-19)25-12-3-10-22-25/h1-5,8-14,23H,6-7H2,(H,24,26). The summed E-state index contributed by atoms with van der Waals surface area (Å²) in [6.07, 6.45) is 12.8. The van der Waals surface area contributed by atoms with E-state index in [9.17, 15) is 4.79 Å². The van der Waals surface area contributed by atoms with E-state index in [1.165, 1.54) is 0 Å². The first-order valence-electron chi connectivity index (χ1n) is 8.53. The van der Waals surface area contributed by atoms with Crippen molar-refractivity contribution in [2.24, 2.45) is 4.99 Å². The van der Waals surface area contributed by atoms with Crippen molar-refractivity contribution in [3.8, 4) is 0 Å². The molecule has 0 aromatic carbocycles. The average molecular weight is 362 g/mol. The second kappa shape index (κ2) is 7.28. The fourth-order valence-electron chi connectivity index (χ4n) is 2.83. The Hall–Kier alpha value is -3.68. The van der Waals surface area contributed by atoms with E-state index in [0.717, 1.165) is 5.56 Å². The van der Waals surface area contributed by atoms with E-state index < -0.39 is 5.79 Å². The molecule has 3 aromatic heterocycles. The molecule has 0 spiro atoms. The zero-order valence-corrected chi connectivity index (χ0v) is 14.4. The average Bonchev–Trinajstić information content (AvgIpc) is 3.41. The van der Waals surface area contributed by atoms with E-state index in [1.54, 1.807) is 60.2 Å². The lowest BCUT2D eigenvalue weighted by atomic mass is 10.1. The highest BCUT2D eigenvalue weighted by Gasteiger charge is 2.38. The Balaban J connectivity index is 1.53. The number of carbonyl (C=O) groups is 1. The van der Waals surface area contributed by atoms with E-state index in [-0.39, 0.29) is 5.91 Å². The second-order valence-corrected chi connectivity index (χ2v) is 6.00. The van der Waals surface area contributed by atoms with Crippen molar-refractivity contribution in [2.45, 2.75) is 18.6 Å². The molecule has 1 atom stereocenters. The molecule has 0 radical (unpaired) electrons. The van der Waals surface area contributed by atoms with Crippen LogP contribution in [0.15, 0.2) is 76.9 Å². The summed E-state index contributed by atoms with van der Waals surface area (Å²) in [5, 5.41) is 10.4. The van der Waals surface area contributed by atoms with Crippen molar-refractivity contribution in [1.82, 2.24) is 25.4 Å². The van der Waals surface area contributed by atoms with Crippen molar-refractivity contribution in [3.05, 3.63) is 78.8 Å². The Labute approximate surface area is 155 Å². The first-order valence-corrected chi connectivity index (χ1v) is 8.53. The van der Waals surface area contributed by atoms with E-state index >= 15 is 0 Å². The van der Waals surface area contributed by atoms with Crippen LogP contribution < -0.4 is 10.6 Å². The zero-order valence-electron chi connectivity index (χ0n) is 14.4. The van der Waals surface area contributed by atoms with Crippen molar-refractivity contribution < 1.29 is 9.21 Å². The second-order valence-electron chi connectivity index (χ2n) is 6.00. The van der Waals surface area contributed by atoms with Gasteiger partial charge in [-0.15, -0.1) is 0 Å². The summed E-state index contributed by atoms with van der Waals surface area (Å²) >= 11 is 0. The van der Waals surface area contributed by atoms with Gasteiger partial charge < -0.3 is 15.1 Å². The molecule has 8 heteroatoms. The number of hydrogen-bond donors (Lipinski definition) is 2. The number of pyridine rings is 1. The Bertz CT molecular complexity index is 948. The molecule has 1 unspecified atom stereocenters. The van der Waals surface area contributed by atoms with Crippen LogP contribution in [0.3, 0.4) is 0 Å². The van der Waals surface area contributed by atoms with Gasteiger partial charge in [0.15, 0.2) is 5.76 Å². The highest BCUT2D eigenvalue weighted by molar-refractivity contribution is 5.83. The van der Waals surface area contributed by atoms with Crippen LogP contribution in [0.25, 0.3) is 5.82 Å². The molecule has 0 saturated carbocycles. The zero-order chi connectivity index (χ0) is 18.5. The SMILES string of the molecule is O=C(CCc1cccnc1)NC1(c2ccco2)N=CC=C(n2cccn2)N1. The third kappa shape index (κ3) is 3.64. The van der Waals surface area contributed by atoms with Crippen LogP contribution >= 0.6 is 0 Å². The maximum atomic E-state index is 12.6. The summed E-state index contributed by atoms with van der Waals surface area (Å²) in [6.45, 7) is 0. The normalized spacial score (nSPS) is 18.6. The lowest BCUT2D eigenvalue weighted by Gasteiger charge is -2.33. The molecule has 1 aliphatic heterocycles. The van der Waals surface area contributed by atoms with Gasteiger partial charge >= 0.3 is 0 Å². The number of amides is 1. The lowest BCUT2D eigenvalue weighted by molar-refractivity contribution is -0.123. The fourth-order valence-corrected chi connectivity index (χ4v) is 2.83. The Morgan fingerprint density at radius 1 is 1.26 bits per heavy atom. The highest BCUT2D eigenvalue weighted by Crippen LogP contribution is 2.25. The Morgan fingerprint density at radius 3 is 2.96 bits per heavy atom. The van der Waals surface area contributed by atoms with Crippen molar-refractivity contribution in [3.63, 3.8) is 0 Å². The molecule has 3 aromatic rings. The number of allylic oxidation sites excluding steroid dienone is 1. The predicted molar refractivity (Wildman–Crippen MR) is 99.2 cm³/mol. The molecule has 0 bridgehead atoms. The minimum Gasteiger partial charge on any atom is -0.463 e. The lowest BCUT2D eigenvalue weighted by Crippen LogP contribution is -2.55. The minimum absolute atomic E-state index is 0.165. The summed E-state index contributed by atoms with van der Waals surface area (Å²) < 4.78 is 7.21. The van der Waals surface area contributed by atoms with E-state index in [0.29, 0.717) is 24.4 Å². The van der Waals surface area contributed by atoms with Crippen LogP contribution in [0.4, 0.5) is 0 Å². The smallest absolute Gasteiger partial charge is 0.269 e. The van der Waals surface area contributed by atoms with Gasteiger partial charge in [0.2, 0.25) is 5.91 Å². The number of carbonyl (C=O) groups excluding carboxylic acids is 1. The van der Waals surface area contributed by atoms with Crippen LogP contribution in [-0.2, 0) is 17.0 Å². The molecule has 2 N–H and O–H groups in total. The van der Waals surface area contributed by atoms with E-state index in [2.05, 4.69) is 25.7 Å². The van der Waals surface area contributed by atoms with Crippen molar-refractivity contribution in [2.75, 3.05) is 0 Å². The third-order valence-corrected chi connectivity index (χ3v) is 4.12. The molecule has 8 nitrogen and oxygen atoms in total. The van der Waals surface area contributed by atoms with Gasteiger partial charge in [-0.05, 0) is 42.3 Å². The van der Waals surface area contributed by atoms with Gasteiger partial charge in [-0.2, -0.15) is 5.10 Å². The summed E-state index contributed by atoms with van der Waals surface area (Å²) in [5.41, 5.74) is 0.997. The molecule has 0 fully saturated rings. The molecular formula is C19H18N6O2. The summed E-state index contributed by atoms with van der Waals surface area (Å²) in [6, 6.07) is 9.12. The molecule has 4 rings (SSSR count). The molecule has 1 aliphatic rings. The van der Waals surface area contributed by atoms with E-state index in [4.69, 9.17) is 4.42 Å². The molecule has 136 valence electrons. The molecule has 27 heavy (non-hydrogen) atoms. The van der Waals surface area contributed by atoms with Crippen LogP contribution in [0.2, 0.25) is 0 Å². The van der Waals surface area contributed by atoms with Crippen molar-refractivity contribution >= 4 is 17.9 Å². The number of hydrogen-bond acceptors (Lipinski definition) is 6. The number of aromatic nitrogens is 3. The van der Waals surface area contributed by atoms with Gasteiger partial charge in [0.25, 0.3) is 5.79 Å². The van der Waals surface area contributed by atoms with Crippen LogP contribution in [0.1, 0.15) is 17.7 Å². The van der Waals surface area contributed by atoms with Gasteiger partial charge in [0.05, 0.1) is 6.26 Å². The molecule has 0 saturated heterocycles. The first kappa shape index (κ1) is 16.8. The summed E-state index contributed by atoms with van der Waals surface area (Å²) in [7, 11) is 0. The Kier molecular flexibility index (Phi) is 4.52. The van der Waals surface area contributed by atoms with Gasteiger partial charge in [-0.25, -0.2) is 9.67 Å². The van der Waals surface area contributed by atoms with Crippen LogP contribution in [0, 0.1) is 0 Å². The minimum atomic E-state index is -1.23. The summed E-state index contributed by atoms with van der Waals surface area (Å²) in [5.74, 6) is -0.252. The third-order valence-electron chi connectivity index (χ3n) is 4.12. The Morgan fingerprint density at radius 2 is 2.22 bits per heavy atom. The maximum Gasteiger partial charge on any atom is 0.269 e. The fraction of sp³-hybridized carbons (Fsp3) is 0.158.